The minimum absolute atomic E-state index is 0.0412. The maximum Gasteiger partial charge on any atom is 0.261 e. The Morgan fingerprint density at radius 2 is 1.37 bits per heavy atom. The lowest BCUT2D eigenvalue weighted by Gasteiger charge is -2.61. The summed E-state index contributed by atoms with van der Waals surface area (Å²) in [6.07, 6.45) is 15.1. The molecular formula is C37H50Br2OSi. The van der Waals surface area contributed by atoms with E-state index in [4.69, 9.17) is 4.43 Å². The van der Waals surface area contributed by atoms with Crippen LogP contribution < -0.4 is 10.4 Å². The third kappa shape index (κ3) is 5.13. The summed E-state index contributed by atoms with van der Waals surface area (Å²) in [4.78, 5) is 0. The second kappa shape index (κ2) is 11.3. The number of allylic oxidation sites excluding steroid dienone is 1. The second-order valence-corrected chi connectivity index (χ2v) is 22.5. The summed E-state index contributed by atoms with van der Waals surface area (Å²) in [7, 11) is -2.51. The first kappa shape index (κ1) is 30.3. The highest BCUT2D eigenvalue weighted by Crippen LogP contribution is 2.68. The fraction of sp³-hybridized carbons (Fsp3) is 0.622. The molecule has 3 unspecified atom stereocenters. The first-order chi connectivity index (χ1) is 19.5. The zero-order valence-electron chi connectivity index (χ0n) is 25.8. The van der Waals surface area contributed by atoms with E-state index in [0.29, 0.717) is 22.9 Å². The monoisotopic (exact) mass is 696 g/mol. The maximum absolute atomic E-state index is 7.71. The zero-order chi connectivity index (χ0) is 29.0. The Morgan fingerprint density at radius 3 is 1.95 bits per heavy atom. The van der Waals surface area contributed by atoms with Gasteiger partial charge in [0.15, 0.2) is 0 Å². The molecule has 0 amide bonds. The van der Waals surface area contributed by atoms with E-state index in [2.05, 4.69) is 133 Å². The van der Waals surface area contributed by atoms with Gasteiger partial charge in [-0.05, 0) is 145 Å². The van der Waals surface area contributed by atoms with E-state index in [1.807, 2.05) is 0 Å². The predicted octanol–water partition coefficient (Wildman–Crippen LogP) is 10.2. The molecule has 0 spiro atoms. The fourth-order valence-corrected chi connectivity index (χ4v) is 16.1. The lowest BCUT2D eigenvalue weighted by atomic mass is 9.44. The average molecular weight is 699 g/mol. The van der Waals surface area contributed by atoms with Crippen molar-refractivity contribution in [3.05, 3.63) is 70.1 Å². The first-order valence-corrected chi connectivity index (χ1v) is 19.8. The van der Waals surface area contributed by atoms with Crippen molar-refractivity contribution in [1.82, 2.24) is 0 Å². The van der Waals surface area contributed by atoms with Crippen LogP contribution in [0.25, 0.3) is 0 Å². The van der Waals surface area contributed by atoms with E-state index < -0.39 is 8.32 Å². The Labute approximate surface area is 267 Å². The van der Waals surface area contributed by atoms with Crippen molar-refractivity contribution in [2.24, 2.45) is 40.4 Å². The molecule has 4 saturated carbocycles. The molecule has 0 heterocycles. The largest absolute Gasteiger partial charge is 0.404 e. The van der Waals surface area contributed by atoms with E-state index in [9.17, 15) is 0 Å². The van der Waals surface area contributed by atoms with Crippen LogP contribution in [0.3, 0.4) is 0 Å². The summed E-state index contributed by atoms with van der Waals surface area (Å²) in [6, 6.07) is 22.5. The van der Waals surface area contributed by atoms with Crippen LogP contribution in [0.2, 0.25) is 5.04 Å². The van der Waals surface area contributed by atoms with Crippen molar-refractivity contribution in [3.8, 4) is 0 Å². The molecule has 4 heteroatoms. The van der Waals surface area contributed by atoms with Gasteiger partial charge in [-0.2, -0.15) is 0 Å². The van der Waals surface area contributed by atoms with Crippen molar-refractivity contribution in [3.63, 3.8) is 0 Å². The molecule has 4 fully saturated rings. The van der Waals surface area contributed by atoms with Gasteiger partial charge in [0.1, 0.15) is 0 Å². The highest BCUT2D eigenvalue weighted by molar-refractivity contribution is 9.28. The van der Waals surface area contributed by atoms with Gasteiger partial charge in [0.2, 0.25) is 0 Å². The van der Waals surface area contributed by atoms with Gasteiger partial charge in [-0.3, -0.25) is 0 Å². The van der Waals surface area contributed by atoms with Gasteiger partial charge in [-0.1, -0.05) is 101 Å². The van der Waals surface area contributed by atoms with Crippen molar-refractivity contribution < 1.29 is 4.43 Å². The van der Waals surface area contributed by atoms with Crippen LogP contribution in [0.1, 0.15) is 92.4 Å². The number of hydrogen-bond donors (Lipinski definition) is 0. The first-order valence-electron chi connectivity index (χ1n) is 16.3. The summed E-state index contributed by atoms with van der Waals surface area (Å²) < 4.78 is 8.85. The summed E-state index contributed by atoms with van der Waals surface area (Å²) in [5.41, 5.74) is 0.945. The molecule has 0 radical (unpaired) electrons. The van der Waals surface area contributed by atoms with E-state index in [1.165, 1.54) is 68.2 Å². The molecule has 0 bridgehead atoms. The molecule has 2 aromatic rings. The van der Waals surface area contributed by atoms with Crippen LogP contribution in [0.15, 0.2) is 70.1 Å². The standard InChI is InChI=1S/C37H50Br2OSi/c1-35(2,3)41(29-12-8-6-9-13-29,30-14-10-7-11-15-30)40-28-20-22-36(4)26(24-28)16-18-31-32-19-17-27(25-34(38)39)37(32,5)23-21-33(31)36/h6-15,25-28,31-33H,16-24H2,1-5H3/t26-,27+,28+,31?,32?,33?,36-,37+/m0/s1. The van der Waals surface area contributed by atoms with Gasteiger partial charge < -0.3 is 4.43 Å². The van der Waals surface area contributed by atoms with Gasteiger partial charge in [0.25, 0.3) is 8.32 Å². The summed E-state index contributed by atoms with van der Waals surface area (Å²) in [5.74, 6) is 4.20. The lowest BCUT2D eigenvalue weighted by Crippen LogP contribution is -2.68. The molecule has 8 atom stereocenters. The molecule has 222 valence electrons. The Morgan fingerprint density at radius 1 is 0.780 bits per heavy atom. The molecule has 41 heavy (non-hydrogen) atoms. The van der Waals surface area contributed by atoms with Gasteiger partial charge >= 0.3 is 0 Å². The summed E-state index contributed by atoms with van der Waals surface area (Å²) in [6.45, 7) is 12.6. The number of halogens is 2. The van der Waals surface area contributed by atoms with Crippen molar-refractivity contribution >= 4 is 50.6 Å². The lowest BCUT2D eigenvalue weighted by molar-refractivity contribution is -0.122. The average Bonchev–Trinajstić information content (AvgIpc) is 3.27. The maximum atomic E-state index is 7.71. The molecule has 0 aromatic heterocycles. The molecule has 4 aliphatic rings. The highest BCUT2D eigenvalue weighted by atomic mass is 79.9. The smallest absolute Gasteiger partial charge is 0.261 e. The van der Waals surface area contributed by atoms with Gasteiger partial charge in [0.05, 0.1) is 3.39 Å². The minimum Gasteiger partial charge on any atom is -0.404 e. The molecule has 0 saturated heterocycles. The molecule has 0 aliphatic heterocycles. The number of hydrogen-bond acceptors (Lipinski definition) is 1. The topological polar surface area (TPSA) is 9.23 Å². The SMILES string of the molecule is CC(C)(C)[Si](O[C@@H]1CC[C@]2(C)C3CC[C@@]4(C)C(CC[C@@H]4C=C(Br)Br)C3CC[C@H]2C1)(c1ccccc1)c1ccccc1. The van der Waals surface area contributed by atoms with Crippen LogP contribution >= 0.6 is 31.9 Å². The Hall–Kier alpha value is -0.683. The van der Waals surface area contributed by atoms with Crippen LogP contribution in [-0.2, 0) is 4.43 Å². The second-order valence-electron chi connectivity index (χ2n) is 15.5. The minimum atomic E-state index is -2.51. The number of benzene rings is 2. The van der Waals surface area contributed by atoms with E-state index in [0.717, 1.165) is 27.1 Å². The molecule has 0 N–H and O–H groups in total. The Balaban J connectivity index is 1.26. The van der Waals surface area contributed by atoms with Crippen molar-refractivity contribution in [2.45, 2.75) is 104 Å². The van der Waals surface area contributed by atoms with Crippen LogP contribution in [0.4, 0.5) is 0 Å². The van der Waals surface area contributed by atoms with Gasteiger partial charge in [-0.25, -0.2) is 0 Å². The normalized spacial score (nSPS) is 37.0. The molecule has 4 aliphatic carbocycles. The quantitative estimate of drug-likeness (QED) is 0.283. The van der Waals surface area contributed by atoms with E-state index >= 15 is 0 Å². The van der Waals surface area contributed by atoms with Crippen LogP contribution in [0, 0.1) is 40.4 Å². The fourth-order valence-electron chi connectivity index (χ4n) is 10.7. The summed E-state index contributed by atoms with van der Waals surface area (Å²) in [5, 5.41) is 2.88. The van der Waals surface area contributed by atoms with Gasteiger partial charge in [0, 0.05) is 6.10 Å². The molecule has 1 nitrogen and oxygen atoms in total. The van der Waals surface area contributed by atoms with E-state index in [1.54, 1.807) is 0 Å². The van der Waals surface area contributed by atoms with Crippen molar-refractivity contribution in [2.75, 3.05) is 0 Å². The van der Waals surface area contributed by atoms with Crippen LogP contribution in [0.5, 0.6) is 0 Å². The molecular weight excluding hydrogens is 648 g/mol. The Kier molecular flexibility index (Phi) is 8.40. The zero-order valence-corrected chi connectivity index (χ0v) is 30.0. The third-order valence-electron chi connectivity index (χ3n) is 12.8. The predicted molar refractivity (Wildman–Crippen MR) is 184 cm³/mol. The summed E-state index contributed by atoms with van der Waals surface area (Å²) >= 11 is 7.37. The van der Waals surface area contributed by atoms with Gasteiger partial charge in [-0.15, -0.1) is 0 Å². The Bertz CT molecular complexity index is 1200. The number of rotatable bonds is 5. The van der Waals surface area contributed by atoms with Crippen molar-refractivity contribution in [1.29, 1.82) is 0 Å². The number of fused-ring (bicyclic) bond motifs is 5. The van der Waals surface area contributed by atoms with E-state index in [-0.39, 0.29) is 5.04 Å². The van der Waals surface area contributed by atoms with Crippen LogP contribution in [-0.4, -0.2) is 14.4 Å². The highest BCUT2D eigenvalue weighted by Gasteiger charge is 2.60. The molecule has 2 aromatic carbocycles. The third-order valence-corrected chi connectivity index (χ3v) is 18.4. The molecule has 6 rings (SSSR count).